The summed E-state index contributed by atoms with van der Waals surface area (Å²) in [5.41, 5.74) is 0.915. The van der Waals surface area contributed by atoms with Crippen LogP contribution in [0.4, 0.5) is 4.39 Å². The van der Waals surface area contributed by atoms with E-state index in [1.54, 1.807) is 16.8 Å². The molecular weight excluding hydrogens is 273 g/mol. The molecule has 2 rings (SSSR count). The summed E-state index contributed by atoms with van der Waals surface area (Å²) in [6.07, 6.45) is 2.07. The van der Waals surface area contributed by atoms with Crippen molar-refractivity contribution in [3.8, 4) is 11.3 Å². The molecule has 0 amide bonds. The molecule has 6 heteroatoms. The summed E-state index contributed by atoms with van der Waals surface area (Å²) in [4.78, 5) is 11.3. The van der Waals surface area contributed by atoms with E-state index in [2.05, 4.69) is 24.2 Å². The molecule has 0 saturated carbocycles. The van der Waals surface area contributed by atoms with Crippen LogP contribution in [0.15, 0.2) is 24.3 Å². The lowest BCUT2D eigenvalue weighted by Gasteiger charge is -2.12. The molecule has 1 aromatic heterocycles. The Balaban J connectivity index is 2.42. The zero-order valence-electron chi connectivity index (χ0n) is 12.1. The third-order valence-electron chi connectivity index (χ3n) is 3.32. The minimum Gasteiger partial charge on any atom is -0.476 e. The molecule has 0 aliphatic carbocycles. The number of aromatic nitrogens is 3. The van der Waals surface area contributed by atoms with Gasteiger partial charge in [0.25, 0.3) is 0 Å². The van der Waals surface area contributed by atoms with Gasteiger partial charge in [-0.2, -0.15) is 0 Å². The summed E-state index contributed by atoms with van der Waals surface area (Å²) in [6, 6.07) is 5.68. The number of aromatic carboxylic acids is 1. The molecule has 112 valence electrons. The maximum absolute atomic E-state index is 13.0. The first kappa shape index (κ1) is 15.2. The lowest BCUT2D eigenvalue weighted by Crippen LogP contribution is -2.11. The molecule has 21 heavy (non-hydrogen) atoms. The molecule has 1 heterocycles. The van der Waals surface area contributed by atoms with Gasteiger partial charge in [-0.25, -0.2) is 13.9 Å². The van der Waals surface area contributed by atoms with E-state index in [9.17, 15) is 14.3 Å². The molecule has 2 aromatic rings. The average Bonchev–Trinajstić information content (AvgIpc) is 2.83. The number of hydrogen-bond acceptors (Lipinski definition) is 3. The van der Waals surface area contributed by atoms with Gasteiger partial charge < -0.3 is 5.11 Å². The van der Waals surface area contributed by atoms with Crippen LogP contribution < -0.4 is 0 Å². The first-order valence-electron chi connectivity index (χ1n) is 6.95. The van der Waals surface area contributed by atoms with Crippen LogP contribution in [0, 0.1) is 11.7 Å². The van der Waals surface area contributed by atoms with Gasteiger partial charge in [0.05, 0.1) is 0 Å². The molecule has 1 N–H and O–H groups in total. The number of carboxylic acid groups (broad SMARTS) is 1. The first-order chi connectivity index (χ1) is 10.0. The lowest BCUT2D eigenvalue weighted by molar-refractivity contribution is 0.0691. The standard InChI is InChI=1S/C15H18FN3O2/c1-3-4-10(2)9-19-14(13(15(20)21)17-18-19)11-5-7-12(16)8-6-11/h5-8,10H,3-4,9H2,1-2H3,(H,20,21). The minimum atomic E-state index is -1.14. The quantitative estimate of drug-likeness (QED) is 0.887. The molecule has 1 aromatic carbocycles. The van der Waals surface area contributed by atoms with Crippen LogP contribution in [0.25, 0.3) is 11.3 Å². The highest BCUT2D eigenvalue weighted by Gasteiger charge is 2.21. The number of rotatable bonds is 6. The van der Waals surface area contributed by atoms with Crippen LogP contribution in [0.3, 0.4) is 0 Å². The molecule has 1 unspecified atom stereocenters. The number of benzene rings is 1. The van der Waals surface area contributed by atoms with E-state index in [0.717, 1.165) is 12.8 Å². The van der Waals surface area contributed by atoms with Gasteiger partial charge in [-0.3, -0.25) is 0 Å². The van der Waals surface area contributed by atoms with Crippen LogP contribution in [0.5, 0.6) is 0 Å². The second kappa shape index (κ2) is 6.47. The summed E-state index contributed by atoms with van der Waals surface area (Å²) >= 11 is 0. The van der Waals surface area contributed by atoms with Crippen molar-refractivity contribution in [3.05, 3.63) is 35.8 Å². The predicted molar refractivity (Wildman–Crippen MR) is 76.4 cm³/mol. The van der Waals surface area contributed by atoms with Crippen molar-refractivity contribution in [1.82, 2.24) is 15.0 Å². The van der Waals surface area contributed by atoms with E-state index in [1.165, 1.54) is 12.1 Å². The van der Waals surface area contributed by atoms with Crippen molar-refractivity contribution in [2.45, 2.75) is 33.2 Å². The number of hydrogen-bond donors (Lipinski definition) is 1. The van der Waals surface area contributed by atoms with Crippen molar-refractivity contribution >= 4 is 5.97 Å². The number of carbonyl (C=O) groups is 1. The largest absolute Gasteiger partial charge is 0.476 e. The number of nitrogens with zero attached hydrogens (tertiary/aromatic N) is 3. The topological polar surface area (TPSA) is 68.0 Å². The molecule has 0 spiro atoms. The second-order valence-corrected chi connectivity index (χ2v) is 5.17. The fraction of sp³-hybridized carbons (Fsp3) is 0.400. The molecular formula is C15H18FN3O2. The van der Waals surface area contributed by atoms with Gasteiger partial charge in [0, 0.05) is 12.1 Å². The fourth-order valence-corrected chi connectivity index (χ4v) is 2.36. The summed E-state index contributed by atoms with van der Waals surface area (Å²) in [5.74, 6) is -1.14. The molecule has 0 radical (unpaired) electrons. The van der Waals surface area contributed by atoms with E-state index in [0.29, 0.717) is 23.7 Å². The zero-order valence-corrected chi connectivity index (χ0v) is 12.1. The van der Waals surface area contributed by atoms with Crippen LogP contribution in [0.1, 0.15) is 37.2 Å². The number of halogens is 1. The highest BCUT2D eigenvalue weighted by Crippen LogP contribution is 2.24. The maximum Gasteiger partial charge on any atom is 0.358 e. The van der Waals surface area contributed by atoms with Crippen LogP contribution in [-0.4, -0.2) is 26.1 Å². The number of carboxylic acids is 1. The smallest absolute Gasteiger partial charge is 0.358 e. The third-order valence-corrected chi connectivity index (χ3v) is 3.32. The van der Waals surface area contributed by atoms with Crippen molar-refractivity contribution < 1.29 is 14.3 Å². The van der Waals surface area contributed by atoms with Crippen molar-refractivity contribution in [3.63, 3.8) is 0 Å². The minimum absolute atomic E-state index is 0.106. The Morgan fingerprint density at radius 3 is 2.62 bits per heavy atom. The maximum atomic E-state index is 13.0. The predicted octanol–water partition coefficient (Wildman–Crippen LogP) is 3.22. The van der Waals surface area contributed by atoms with Crippen LogP contribution in [-0.2, 0) is 6.54 Å². The Morgan fingerprint density at radius 1 is 1.38 bits per heavy atom. The molecule has 0 aliphatic rings. The summed E-state index contributed by atoms with van der Waals surface area (Å²) in [7, 11) is 0. The van der Waals surface area contributed by atoms with Crippen molar-refractivity contribution in [1.29, 1.82) is 0 Å². The SMILES string of the molecule is CCCC(C)Cn1nnc(C(=O)O)c1-c1ccc(F)cc1. The van der Waals surface area contributed by atoms with E-state index >= 15 is 0 Å². The van der Waals surface area contributed by atoms with Gasteiger partial charge >= 0.3 is 5.97 Å². The second-order valence-electron chi connectivity index (χ2n) is 5.17. The van der Waals surface area contributed by atoms with Crippen LogP contribution in [0.2, 0.25) is 0 Å². The Labute approximate surface area is 122 Å². The van der Waals surface area contributed by atoms with E-state index in [1.807, 2.05) is 0 Å². The molecule has 0 bridgehead atoms. The monoisotopic (exact) mass is 291 g/mol. The van der Waals surface area contributed by atoms with Crippen molar-refractivity contribution in [2.24, 2.45) is 5.92 Å². The summed E-state index contributed by atoms with van der Waals surface area (Å²) < 4.78 is 14.6. The normalized spacial score (nSPS) is 12.3. The van der Waals surface area contributed by atoms with Gasteiger partial charge in [0.15, 0.2) is 5.69 Å². The average molecular weight is 291 g/mol. The Hall–Kier alpha value is -2.24. The third kappa shape index (κ3) is 3.45. The van der Waals surface area contributed by atoms with Crippen LogP contribution >= 0.6 is 0 Å². The summed E-state index contributed by atoms with van der Waals surface area (Å²) in [6.45, 7) is 4.77. The van der Waals surface area contributed by atoms with E-state index < -0.39 is 5.97 Å². The lowest BCUT2D eigenvalue weighted by atomic mass is 10.1. The van der Waals surface area contributed by atoms with E-state index in [4.69, 9.17) is 0 Å². The molecule has 1 atom stereocenters. The molecule has 0 saturated heterocycles. The van der Waals surface area contributed by atoms with Crippen molar-refractivity contribution in [2.75, 3.05) is 0 Å². The summed E-state index contributed by atoms with van der Waals surface area (Å²) in [5, 5.41) is 16.9. The van der Waals surface area contributed by atoms with Gasteiger partial charge in [-0.05, 0) is 36.6 Å². The Kier molecular flexibility index (Phi) is 4.67. The van der Waals surface area contributed by atoms with Gasteiger partial charge in [0.1, 0.15) is 11.5 Å². The molecule has 5 nitrogen and oxygen atoms in total. The molecule has 0 fully saturated rings. The zero-order chi connectivity index (χ0) is 15.4. The highest BCUT2D eigenvalue weighted by molar-refractivity contribution is 5.92. The van der Waals surface area contributed by atoms with Gasteiger partial charge in [0.2, 0.25) is 0 Å². The Bertz CT molecular complexity index is 622. The first-order valence-corrected chi connectivity index (χ1v) is 6.95. The van der Waals surface area contributed by atoms with Gasteiger partial charge in [-0.1, -0.05) is 25.5 Å². The highest BCUT2D eigenvalue weighted by atomic mass is 19.1. The fourth-order valence-electron chi connectivity index (χ4n) is 2.36. The Morgan fingerprint density at radius 2 is 2.05 bits per heavy atom. The van der Waals surface area contributed by atoms with Gasteiger partial charge in [-0.15, -0.1) is 5.10 Å². The molecule has 0 aliphatic heterocycles. The van der Waals surface area contributed by atoms with E-state index in [-0.39, 0.29) is 11.5 Å².